The molecule has 2 aromatic carbocycles. The van der Waals surface area contributed by atoms with Gasteiger partial charge in [-0.15, -0.1) is 0 Å². The van der Waals surface area contributed by atoms with Gasteiger partial charge in [-0.1, -0.05) is 12.1 Å². The van der Waals surface area contributed by atoms with E-state index in [9.17, 15) is 13.6 Å². The Morgan fingerprint density at radius 2 is 1.96 bits per heavy atom. The number of nitrogens with one attached hydrogen (secondary N) is 1. The Balaban J connectivity index is 1.77. The molecule has 3 rings (SSSR count). The first-order valence-corrected chi connectivity index (χ1v) is 8.69. The van der Waals surface area contributed by atoms with E-state index in [0.717, 1.165) is 55.4 Å². The lowest BCUT2D eigenvalue weighted by molar-refractivity contribution is 0.0933. The normalized spacial score (nSPS) is 15.7. The van der Waals surface area contributed by atoms with Crippen LogP contribution in [0.5, 0.6) is 5.75 Å². The second-order valence-electron chi connectivity index (χ2n) is 6.37. The SMILES string of the molecule is COc1cccc(C(CNC(=O)c2cc(F)ccc2F)N2CCCC2)c1. The minimum Gasteiger partial charge on any atom is -0.497 e. The fraction of sp³-hybridized carbons (Fsp3) is 0.350. The van der Waals surface area contributed by atoms with E-state index in [4.69, 9.17) is 4.74 Å². The van der Waals surface area contributed by atoms with E-state index in [2.05, 4.69) is 10.2 Å². The number of ether oxygens (including phenoxy) is 1. The maximum absolute atomic E-state index is 13.8. The minimum absolute atomic E-state index is 0.0480. The molecular weight excluding hydrogens is 338 g/mol. The third-order valence-corrected chi connectivity index (χ3v) is 4.69. The molecule has 26 heavy (non-hydrogen) atoms. The van der Waals surface area contributed by atoms with Crippen LogP contribution in [0.4, 0.5) is 8.78 Å². The predicted octanol–water partition coefficient (Wildman–Crippen LogP) is 3.54. The minimum atomic E-state index is -0.733. The molecule has 0 saturated carbocycles. The van der Waals surface area contributed by atoms with Gasteiger partial charge in [-0.05, 0) is 61.8 Å². The molecule has 1 amide bonds. The van der Waals surface area contributed by atoms with Crippen molar-refractivity contribution in [3.8, 4) is 5.75 Å². The molecule has 0 spiro atoms. The van der Waals surface area contributed by atoms with Gasteiger partial charge in [-0.25, -0.2) is 8.78 Å². The summed E-state index contributed by atoms with van der Waals surface area (Å²) in [7, 11) is 1.61. The zero-order valence-corrected chi connectivity index (χ0v) is 14.7. The second kappa shape index (κ2) is 8.27. The summed E-state index contributed by atoms with van der Waals surface area (Å²) in [5, 5.41) is 2.75. The van der Waals surface area contributed by atoms with Crippen LogP contribution in [0.1, 0.15) is 34.8 Å². The molecular formula is C20H22F2N2O2. The van der Waals surface area contributed by atoms with Crippen molar-refractivity contribution in [3.05, 3.63) is 65.2 Å². The zero-order valence-electron chi connectivity index (χ0n) is 14.7. The van der Waals surface area contributed by atoms with Gasteiger partial charge in [0.1, 0.15) is 17.4 Å². The van der Waals surface area contributed by atoms with Gasteiger partial charge in [-0.3, -0.25) is 9.69 Å². The Hall–Kier alpha value is -2.47. The third-order valence-electron chi connectivity index (χ3n) is 4.69. The molecule has 1 aliphatic heterocycles. The van der Waals surface area contributed by atoms with E-state index < -0.39 is 17.5 Å². The molecule has 1 saturated heterocycles. The lowest BCUT2D eigenvalue weighted by Crippen LogP contribution is -2.37. The third kappa shape index (κ3) is 4.19. The number of nitrogens with zero attached hydrogens (tertiary/aromatic N) is 1. The molecule has 1 heterocycles. The molecule has 0 aromatic heterocycles. The molecule has 0 bridgehead atoms. The first-order chi connectivity index (χ1) is 12.6. The number of amides is 1. The molecule has 1 unspecified atom stereocenters. The van der Waals surface area contributed by atoms with Crippen molar-refractivity contribution >= 4 is 5.91 Å². The molecule has 0 aliphatic carbocycles. The maximum Gasteiger partial charge on any atom is 0.254 e. The van der Waals surface area contributed by atoms with Crippen LogP contribution in [0.15, 0.2) is 42.5 Å². The number of likely N-dealkylation sites (tertiary alicyclic amines) is 1. The van der Waals surface area contributed by atoms with E-state index in [0.29, 0.717) is 6.54 Å². The van der Waals surface area contributed by atoms with Crippen LogP contribution in [0.3, 0.4) is 0 Å². The van der Waals surface area contributed by atoms with Gasteiger partial charge in [0.05, 0.1) is 18.7 Å². The predicted molar refractivity (Wildman–Crippen MR) is 95.2 cm³/mol. The fourth-order valence-corrected chi connectivity index (χ4v) is 3.32. The van der Waals surface area contributed by atoms with Crippen LogP contribution >= 0.6 is 0 Å². The van der Waals surface area contributed by atoms with Crippen LogP contribution in [0.25, 0.3) is 0 Å². The van der Waals surface area contributed by atoms with E-state index >= 15 is 0 Å². The second-order valence-corrected chi connectivity index (χ2v) is 6.37. The molecule has 6 heteroatoms. The highest BCUT2D eigenvalue weighted by atomic mass is 19.1. The average molecular weight is 360 g/mol. The van der Waals surface area contributed by atoms with Crippen molar-refractivity contribution in [2.45, 2.75) is 18.9 Å². The fourth-order valence-electron chi connectivity index (χ4n) is 3.32. The molecule has 2 aromatic rings. The highest BCUT2D eigenvalue weighted by molar-refractivity contribution is 5.94. The molecule has 1 N–H and O–H groups in total. The molecule has 1 atom stereocenters. The van der Waals surface area contributed by atoms with Gasteiger partial charge in [-0.2, -0.15) is 0 Å². The van der Waals surface area contributed by atoms with Gasteiger partial charge in [0.25, 0.3) is 5.91 Å². The maximum atomic E-state index is 13.8. The quantitative estimate of drug-likeness (QED) is 0.857. The number of carbonyl (C=O) groups excluding carboxylic acids is 1. The van der Waals surface area contributed by atoms with Crippen molar-refractivity contribution in [2.75, 3.05) is 26.7 Å². The number of methoxy groups -OCH3 is 1. The first kappa shape index (κ1) is 18.3. The van der Waals surface area contributed by atoms with E-state index in [1.165, 1.54) is 0 Å². The molecule has 1 fully saturated rings. The van der Waals surface area contributed by atoms with Crippen LogP contribution in [-0.2, 0) is 0 Å². The smallest absolute Gasteiger partial charge is 0.254 e. The molecule has 138 valence electrons. The van der Waals surface area contributed by atoms with Crippen molar-refractivity contribution in [2.24, 2.45) is 0 Å². The monoisotopic (exact) mass is 360 g/mol. The largest absolute Gasteiger partial charge is 0.497 e. The first-order valence-electron chi connectivity index (χ1n) is 8.69. The lowest BCUT2D eigenvalue weighted by atomic mass is 10.0. The Morgan fingerprint density at radius 1 is 1.19 bits per heavy atom. The molecule has 1 aliphatic rings. The van der Waals surface area contributed by atoms with Crippen LogP contribution in [-0.4, -0.2) is 37.6 Å². The van der Waals surface area contributed by atoms with Crippen molar-refractivity contribution in [1.82, 2.24) is 10.2 Å². The zero-order chi connectivity index (χ0) is 18.5. The number of hydrogen-bond acceptors (Lipinski definition) is 3. The summed E-state index contributed by atoms with van der Waals surface area (Å²) >= 11 is 0. The molecule has 0 radical (unpaired) electrons. The summed E-state index contributed by atoms with van der Waals surface area (Å²) in [4.78, 5) is 14.6. The van der Waals surface area contributed by atoms with Crippen molar-refractivity contribution in [3.63, 3.8) is 0 Å². The Labute approximate surface area is 151 Å². The summed E-state index contributed by atoms with van der Waals surface area (Å²) in [6, 6.07) is 10.5. The Kier molecular flexibility index (Phi) is 5.83. The number of halogens is 2. The van der Waals surface area contributed by atoms with Crippen molar-refractivity contribution < 1.29 is 18.3 Å². The van der Waals surface area contributed by atoms with E-state index in [1.807, 2.05) is 24.3 Å². The number of benzene rings is 2. The van der Waals surface area contributed by atoms with Gasteiger partial charge in [0.15, 0.2) is 0 Å². The van der Waals surface area contributed by atoms with Crippen LogP contribution < -0.4 is 10.1 Å². The molecule has 4 nitrogen and oxygen atoms in total. The number of rotatable bonds is 6. The summed E-state index contributed by atoms with van der Waals surface area (Å²) in [6.45, 7) is 2.18. The highest BCUT2D eigenvalue weighted by Gasteiger charge is 2.25. The van der Waals surface area contributed by atoms with Crippen LogP contribution in [0, 0.1) is 11.6 Å². The summed E-state index contributed by atoms with van der Waals surface area (Å²) < 4.78 is 32.4. The van der Waals surface area contributed by atoms with Crippen molar-refractivity contribution in [1.29, 1.82) is 0 Å². The van der Waals surface area contributed by atoms with Gasteiger partial charge in [0.2, 0.25) is 0 Å². The Bertz CT molecular complexity index is 776. The summed E-state index contributed by atoms with van der Waals surface area (Å²) in [6.07, 6.45) is 2.21. The summed E-state index contributed by atoms with van der Waals surface area (Å²) in [5.41, 5.74) is 0.738. The average Bonchev–Trinajstić information content (AvgIpc) is 3.18. The van der Waals surface area contributed by atoms with Crippen LogP contribution in [0.2, 0.25) is 0 Å². The lowest BCUT2D eigenvalue weighted by Gasteiger charge is -2.28. The van der Waals surface area contributed by atoms with Gasteiger partial charge < -0.3 is 10.1 Å². The van der Waals surface area contributed by atoms with E-state index in [1.54, 1.807) is 7.11 Å². The number of hydrogen-bond donors (Lipinski definition) is 1. The number of carbonyl (C=O) groups is 1. The summed E-state index contributed by atoms with van der Waals surface area (Å²) in [5.74, 6) is -1.24. The Morgan fingerprint density at radius 3 is 2.69 bits per heavy atom. The van der Waals surface area contributed by atoms with Gasteiger partial charge >= 0.3 is 0 Å². The topological polar surface area (TPSA) is 41.6 Å². The van der Waals surface area contributed by atoms with Gasteiger partial charge in [0, 0.05) is 6.54 Å². The highest BCUT2D eigenvalue weighted by Crippen LogP contribution is 2.27. The standard InChI is InChI=1S/C20H22F2N2O2/c1-26-16-6-4-5-14(11-16)19(24-9-2-3-10-24)13-23-20(25)17-12-15(21)7-8-18(17)22/h4-8,11-12,19H,2-3,9-10,13H2,1H3,(H,23,25). The van der Waals surface area contributed by atoms with E-state index in [-0.39, 0.29) is 11.6 Å².